The zero-order valence-electron chi connectivity index (χ0n) is 13.0. The number of aromatic amines is 1. The van der Waals surface area contributed by atoms with E-state index in [1.807, 2.05) is 4.98 Å². The van der Waals surface area contributed by atoms with E-state index in [0.29, 0.717) is 0 Å². The Morgan fingerprint density at radius 2 is 1.85 bits per heavy atom. The summed E-state index contributed by atoms with van der Waals surface area (Å²) in [4.78, 5) is 51.3. The Hall–Kier alpha value is -1.18. The zero-order chi connectivity index (χ0) is 19.9. The molecule has 1 saturated heterocycles. The number of nitrogens with one attached hydrogen (secondary N) is 1. The molecule has 16 heteroatoms. The zero-order valence-corrected chi connectivity index (χ0v) is 14.8. The van der Waals surface area contributed by atoms with Gasteiger partial charge in [0.15, 0.2) is 6.23 Å². The van der Waals surface area contributed by atoms with E-state index >= 15 is 0 Å². The molecule has 0 spiro atoms. The second-order valence-electron chi connectivity index (χ2n) is 5.36. The van der Waals surface area contributed by atoms with Crippen molar-refractivity contribution in [3.63, 3.8) is 0 Å². The molecule has 2 rings (SSSR count). The molecule has 1 aliphatic heterocycles. The second-order valence-corrected chi connectivity index (χ2v) is 8.19. The maximum atomic E-state index is 11.8. The molecule has 1 aromatic rings. The highest BCUT2D eigenvalue weighted by molar-refractivity contribution is 7.60. The number of phosphoric ester groups is 1. The molecule has 1 aromatic heterocycles. The maximum Gasteiger partial charge on any atom is 0.481 e. The fraction of sp³-hybridized carbons (Fsp3) is 0.600. The van der Waals surface area contributed by atoms with Crippen molar-refractivity contribution < 1.29 is 47.6 Å². The van der Waals surface area contributed by atoms with Crippen LogP contribution in [-0.2, 0) is 22.7 Å². The number of aryl methyl sites for hydroxylation is 1. The normalized spacial score (nSPS) is 28.8. The number of phosphoric acid groups is 2. The highest BCUT2D eigenvalue weighted by Crippen LogP contribution is 2.57. The quantitative estimate of drug-likeness (QED) is 0.269. The molecule has 1 unspecified atom stereocenters. The summed E-state index contributed by atoms with van der Waals surface area (Å²) in [5, 5.41) is 19.9. The standard InChI is InChI=1S/C10H16N2O12P2/c1-4-2-12(10(16)11-8(4)15)9-7(14)6(13)5(23-9)3-22-26(20,21)24-25(17,18)19/h2,5-7,9,13-14H,3H2,1H3,(H,20,21)(H,11,15,16)(H2,17,18,19)/t5-,6-,7-,9-/m1/s1. The van der Waals surface area contributed by atoms with Gasteiger partial charge in [0.1, 0.15) is 18.3 Å². The molecule has 0 amide bonds. The summed E-state index contributed by atoms with van der Waals surface area (Å²) in [5.74, 6) is 0. The van der Waals surface area contributed by atoms with Gasteiger partial charge in [0, 0.05) is 11.8 Å². The molecule has 0 aromatic carbocycles. The molecule has 0 bridgehead atoms. The van der Waals surface area contributed by atoms with Crippen LogP contribution in [0.1, 0.15) is 11.8 Å². The van der Waals surface area contributed by atoms with Crippen molar-refractivity contribution in [1.29, 1.82) is 0 Å². The van der Waals surface area contributed by atoms with Crippen LogP contribution in [0.3, 0.4) is 0 Å². The Bertz CT molecular complexity index is 873. The Kier molecular flexibility index (Phi) is 6.05. The molecule has 2 heterocycles. The van der Waals surface area contributed by atoms with Gasteiger partial charge in [0.05, 0.1) is 6.61 Å². The molecule has 0 radical (unpaired) electrons. The highest BCUT2D eigenvalue weighted by Gasteiger charge is 2.45. The van der Waals surface area contributed by atoms with Crippen molar-refractivity contribution in [1.82, 2.24) is 9.55 Å². The van der Waals surface area contributed by atoms with E-state index in [-0.39, 0.29) is 5.56 Å². The molecule has 5 atom stereocenters. The minimum absolute atomic E-state index is 0.115. The number of aliphatic hydroxyl groups is 2. The van der Waals surface area contributed by atoms with Gasteiger partial charge in [-0.15, -0.1) is 0 Å². The van der Waals surface area contributed by atoms with Crippen molar-refractivity contribution in [2.75, 3.05) is 6.61 Å². The largest absolute Gasteiger partial charge is 0.481 e. The van der Waals surface area contributed by atoms with Crippen LogP contribution in [0, 0.1) is 6.92 Å². The predicted octanol–water partition coefficient (Wildman–Crippen LogP) is -2.31. The fourth-order valence-electron chi connectivity index (χ4n) is 2.20. The summed E-state index contributed by atoms with van der Waals surface area (Å²) >= 11 is 0. The smallest absolute Gasteiger partial charge is 0.387 e. The molecular weight excluding hydrogens is 402 g/mol. The molecule has 1 fully saturated rings. The van der Waals surface area contributed by atoms with Crippen LogP contribution in [0.4, 0.5) is 0 Å². The van der Waals surface area contributed by atoms with Gasteiger partial charge >= 0.3 is 21.3 Å². The van der Waals surface area contributed by atoms with E-state index in [1.165, 1.54) is 6.92 Å². The number of rotatable bonds is 6. The molecule has 6 N–H and O–H groups in total. The Morgan fingerprint density at radius 3 is 2.42 bits per heavy atom. The summed E-state index contributed by atoms with van der Waals surface area (Å²) in [6.45, 7) is 0.480. The summed E-state index contributed by atoms with van der Waals surface area (Å²) < 4.78 is 35.8. The van der Waals surface area contributed by atoms with E-state index in [1.54, 1.807) is 0 Å². The summed E-state index contributed by atoms with van der Waals surface area (Å²) in [7, 11) is -10.5. The molecule has 14 nitrogen and oxygen atoms in total. The highest BCUT2D eigenvalue weighted by atomic mass is 31.3. The van der Waals surface area contributed by atoms with Gasteiger partial charge in [0.2, 0.25) is 0 Å². The third kappa shape index (κ3) is 4.96. The Labute approximate surface area is 144 Å². The Morgan fingerprint density at radius 1 is 1.23 bits per heavy atom. The monoisotopic (exact) mass is 418 g/mol. The minimum atomic E-state index is -5.32. The predicted molar refractivity (Wildman–Crippen MR) is 80.9 cm³/mol. The first kappa shape index (κ1) is 21.1. The van der Waals surface area contributed by atoms with Crippen LogP contribution in [0.5, 0.6) is 0 Å². The first-order valence-electron chi connectivity index (χ1n) is 6.88. The van der Waals surface area contributed by atoms with Crippen LogP contribution in [0.2, 0.25) is 0 Å². The van der Waals surface area contributed by atoms with Crippen molar-refractivity contribution in [2.24, 2.45) is 0 Å². The maximum absolute atomic E-state index is 11.8. The minimum Gasteiger partial charge on any atom is -0.387 e. The number of hydrogen-bond donors (Lipinski definition) is 6. The SMILES string of the molecule is Cc1cn([C@@H]2O[C@H](COP(=O)(O)OP(=O)(O)O)[C@@H](O)[C@H]2O)c(=O)[nH]c1=O. The molecule has 0 aliphatic carbocycles. The van der Waals surface area contributed by atoms with Crippen molar-refractivity contribution >= 4 is 15.6 Å². The number of nitrogens with zero attached hydrogens (tertiary/aromatic N) is 1. The van der Waals surface area contributed by atoms with Crippen molar-refractivity contribution in [2.45, 2.75) is 31.5 Å². The van der Waals surface area contributed by atoms with E-state index in [2.05, 4.69) is 8.83 Å². The van der Waals surface area contributed by atoms with Crippen molar-refractivity contribution in [3.8, 4) is 0 Å². The first-order valence-corrected chi connectivity index (χ1v) is 9.91. The topological polar surface area (TPSA) is 218 Å². The number of H-pyrrole nitrogens is 1. The van der Waals surface area contributed by atoms with Crippen LogP contribution < -0.4 is 11.2 Å². The van der Waals surface area contributed by atoms with E-state index < -0.39 is 58.0 Å². The number of hydrogen-bond acceptors (Lipinski definition) is 9. The number of ether oxygens (including phenoxy) is 1. The van der Waals surface area contributed by atoms with Gasteiger partial charge in [-0.3, -0.25) is 18.9 Å². The first-order chi connectivity index (χ1) is 11.8. The van der Waals surface area contributed by atoms with Crippen molar-refractivity contribution in [3.05, 3.63) is 32.6 Å². The van der Waals surface area contributed by atoms with Gasteiger partial charge in [-0.1, -0.05) is 0 Å². The molecule has 148 valence electrons. The van der Waals surface area contributed by atoms with E-state index in [0.717, 1.165) is 10.8 Å². The van der Waals surface area contributed by atoms with Gasteiger partial charge in [-0.25, -0.2) is 13.9 Å². The second kappa shape index (κ2) is 7.44. The molecule has 1 aliphatic rings. The van der Waals surface area contributed by atoms with Gasteiger partial charge in [-0.2, -0.15) is 4.31 Å². The van der Waals surface area contributed by atoms with Crippen LogP contribution in [-0.4, -0.2) is 59.4 Å². The summed E-state index contributed by atoms with van der Waals surface area (Å²) in [6, 6.07) is 0. The molecular formula is C10H16N2O12P2. The molecule has 26 heavy (non-hydrogen) atoms. The Balaban J connectivity index is 2.14. The van der Waals surface area contributed by atoms with Gasteiger partial charge < -0.3 is 29.6 Å². The van der Waals surface area contributed by atoms with Crippen LogP contribution in [0.15, 0.2) is 15.8 Å². The summed E-state index contributed by atoms with van der Waals surface area (Å²) in [6.07, 6.45) is -5.18. The number of aromatic nitrogens is 2. The van der Waals surface area contributed by atoms with E-state index in [9.17, 15) is 33.8 Å². The van der Waals surface area contributed by atoms with Crippen LogP contribution in [0.25, 0.3) is 0 Å². The van der Waals surface area contributed by atoms with Crippen LogP contribution >= 0.6 is 15.6 Å². The fourth-order valence-corrected chi connectivity index (χ4v) is 3.80. The van der Waals surface area contributed by atoms with Gasteiger partial charge in [-0.05, 0) is 6.92 Å². The number of aliphatic hydroxyl groups excluding tert-OH is 2. The summed E-state index contributed by atoms with van der Waals surface area (Å²) in [5.41, 5.74) is -1.48. The lowest BCUT2D eigenvalue weighted by molar-refractivity contribution is -0.0543. The lowest BCUT2D eigenvalue weighted by Crippen LogP contribution is -2.38. The lowest BCUT2D eigenvalue weighted by Gasteiger charge is -2.18. The average Bonchev–Trinajstić information content (AvgIpc) is 2.75. The average molecular weight is 418 g/mol. The lowest BCUT2D eigenvalue weighted by atomic mass is 10.1. The third-order valence-electron chi connectivity index (χ3n) is 3.37. The van der Waals surface area contributed by atoms with E-state index in [4.69, 9.17) is 14.5 Å². The molecule has 0 saturated carbocycles. The third-order valence-corrected chi connectivity index (χ3v) is 5.52. The van der Waals surface area contributed by atoms with Gasteiger partial charge in [0.25, 0.3) is 5.56 Å².